The van der Waals surface area contributed by atoms with E-state index >= 15 is 0 Å². The van der Waals surface area contributed by atoms with E-state index in [4.69, 9.17) is 5.73 Å². The Morgan fingerprint density at radius 1 is 1.36 bits per heavy atom. The van der Waals surface area contributed by atoms with Crippen LogP contribution in [0.2, 0.25) is 0 Å². The van der Waals surface area contributed by atoms with Crippen molar-refractivity contribution in [1.29, 1.82) is 0 Å². The quantitative estimate of drug-likeness (QED) is 0.595. The smallest absolute Gasteiger partial charge is 0.0885 e. The van der Waals surface area contributed by atoms with Gasteiger partial charge in [-0.15, -0.1) is 0 Å². The van der Waals surface area contributed by atoms with Gasteiger partial charge in [-0.25, -0.2) is 0 Å². The maximum Gasteiger partial charge on any atom is 0.0885 e. The minimum Gasteiger partial charge on any atom is -0.390 e. The van der Waals surface area contributed by atoms with E-state index < -0.39 is 11.6 Å². The van der Waals surface area contributed by atoms with E-state index in [-0.39, 0.29) is 0 Å². The average molecular weight is 192 g/mol. The third kappa shape index (κ3) is 1.54. The van der Waals surface area contributed by atoms with Gasteiger partial charge in [0.05, 0.1) is 11.6 Å². The molecule has 0 spiro atoms. The van der Waals surface area contributed by atoms with Crippen LogP contribution in [0.15, 0.2) is 30.3 Å². The summed E-state index contributed by atoms with van der Waals surface area (Å²) in [7, 11) is 0. The predicted molar refractivity (Wildman–Crippen MR) is 55.8 cm³/mol. The molecular formula is C11H16N2O. The summed E-state index contributed by atoms with van der Waals surface area (Å²) < 4.78 is 0. The molecule has 0 amide bonds. The van der Waals surface area contributed by atoms with Crippen molar-refractivity contribution < 1.29 is 5.11 Å². The molecule has 1 aromatic carbocycles. The number of hydrogen-bond acceptors (Lipinski definition) is 3. The Morgan fingerprint density at radius 3 is 2.71 bits per heavy atom. The lowest BCUT2D eigenvalue weighted by atomic mass is 9.80. The second-order valence-electron chi connectivity index (χ2n) is 3.88. The predicted octanol–water partition coefficient (Wildman–Crippen LogP) is 0.195. The number of nitrogens with two attached hydrogens (primary N) is 1. The SMILES string of the molecule is N[C@]1(c2ccccc2)CCNC[C@H]1O. The highest BCUT2D eigenvalue weighted by atomic mass is 16.3. The Labute approximate surface area is 83.9 Å². The molecule has 4 N–H and O–H groups in total. The molecule has 14 heavy (non-hydrogen) atoms. The molecule has 76 valence electrons. The summed E-state index contributed by atoms with van der Waals surface area (Å²) in [4.78, 5) is 0. The number of aliphatic hydroxyl groups excluding tert-OH is 1. The van der Waals surface area contributed by atoms with Gasteiger partial charge in [-0.05, 0) is 18.5 Å². The molecule has 0 aliphatic carbocycles. The normalized spacial score (nSPS) is 32.9. The van der Waals surface area contributed by atoms with Crippen LogP contribution in [-0.2, 0) is 5.54 Å². The zero-order chi connectivity index (χ0) is 10.0. The Balaban J connectivity index is 2.30. The van der Waals surface area contributed by atoms with Gasteiger partial charge < -0.3 is 16.2 Å². The van der Waals surface area contributed by atoms with Gasteiger partial charge in [0.15, 0.2) is 0 Å². The van der Waals surface area contributed by atoms with Crippen LogP contribution in [-0.4, -0.2) is 24.3 Å². The molecule has 1 aromatic rings. The average Bonchev–Trinajstić information content (AvgIpc) is 2.24. The number of β-amino-alcohol motifs (C(OH)–C–C–N with tert-alkyl or cyclic N) is 1. The molecule has 1 aliphatic rings. The lowest BCUT2D eigenvalue weighted by Gasteiger charge is -2.39. The third-order valence-corrected chi connectivity index (χ3v) is 2.96. The number of aliphatic hydroxyl groups is 1. The molecule has 2 rings (SSSR count). The van der Waals surface area contributed by atoms with E-state index in [1.807, 2.05) is 30.3 Å². The molecule has 3 heteroatoms. The van der Waals surface area contributed by atoms with Crippen molar-refractivity contribution in [2.75, 3.05) is 13.1 Å². The molecule has 1 heterocycles. The number of benzene rings is 1. The summed E-state index contributed by atoms with van der Waals surface area (Å²) >= 11 is 0. The van der Waals surface area contributed by atoms with Gasteiger partial charge in [-0.2, -0.15) is 0 Å². The van der Waals surface area contributed by atoms with Crippen LogP contribution in [0.4, 0.5) is 0 Å². The summed E-state index contributed by atoms with van der Waals surface area (Å²) in [6.07, 6.45) is 0.275. The Morgan fingerprint density at radius 2 is 2.07 bits per heavy atom. The molecule has 1 saturated heterocycles. The Kier molecular flexibility index (Phi) is 2.54. The molecule has 0 unspecified atom stereocenters. The molecule has 0 saturated carbocycles. The van der Waals surface area contributed by atoms with E-state index in [9.17, 15) is 5.11 Å². The van der Waals surface area contributed by atoms with E-state index in [1.54, 1.807) is 0 Å². The maximum absolute atomic E-state index is 9.89. The van der Waals surface area contributed by atoms with Crippen LogP contribution in [0.3, 0.4) is 0 Å². The van der Waals surface area contributed by atoms with Crippen LogP contribution in [0.1, 0.15) is 12.0 Å². The van der Waals surface area contributed by atoms with Crippen LogP contribution in [0.5, 0.6) is 0 Å². The maximum atomic E-state index is 9.89. The van der Waals surface area contributed by atoms with E-state index in [0.717, 1.165) is 18.5 Å². The second-order valence-corrected chi connectivity index (χ2v) is 3.88. The zero-order valence-electron chi connectivity index (χ0n) is 8.11. The molecule has 1 aliphatic heterocycles. The molecular weight excluding hydrogens is 176 g/mol. The van der Waals surface area contributed by atoms with Crippen molar-refractivity contribution in [2.45, 2.75) is 18.1 Å². The van der Waals surface area contributed by atoms with Crippen molar-refractivity contribution >= 4 is 0 Å². The fourth-order valence-electron chi connectivity index (χ4n) is 1.97. The Hall–Kier alpha value is -0.900. The third-order valence-electron chi connectivity index (χ3n) is 2.96. The van der Waals surface area contributed by atoms with Crippen molar-refractivity contribution in [3.63, 3.8) is 0 Å². The summed E-state index contributed by atoms with van der Waals surface area (Å²) in [5.74, 6) is 0. The highest BCUT2D eigenvalue weighted by Gasteiger charge is 2.37. The van der Waals surface area contributed by atoms with Gasteiger partial charge in [0, 0.05) is 6.54 Å². The van der Waals surface area contributed by atoms with Gasteiger partial charge >= 0.3 is 0 Å². The van der Waals surface area contributed by atoms with Crippen molar-refractivity contribution in [2.24, 2.45) is 5.73 Å². The first-order chi connectivity index (χ1) is 6.73. The summed E-state index contributed by atoms with van der Waals surface area (Å²) in [6, 6.07) is 9.83. The molecule has 0 radical (unpaired) electrons. The van der Waals surface area contributed by atoms with Gasteiger partial charge in [0.2, 0.25) is 0 Å². The zero-order valence-corrected chi connectivity index (χ0v) is 8.11. The van der Waals surface area contributed by atoms with Crippen molar-refractivity contribution in [3.05, 3.63) is 35.9 Å². The van der Waals surface area contributed by atoms with Crippen LogP contribution >= 0.6 is 0 Å². The first-order valence-corrected chi connectivity index (χ1v) is 4.97. The standard InChI is InChI=1S/C11H16N2O/c12-11(6-7-13-8-10(11)14)9-4-2-1-3-5-9/h1-5,10,13-14H,6-8,12H2/t10-,11+/m1/s1. The van der Waals surface area contributed by atoms with Crippen molar-refractivity contribution in [1.82, 2.24) is 5.32 Å². The molecule has 3 nitrogen and oxygen atoms in total. The minimum atomic E-state index is -0.577. The minimum absolute atomic E-state index is 0.501. The highest BCUT2D eigenvalue weighted by Crippen LogP contribution is 2.27. The van der Waals surface area contributed by atoms with Crippen LogP contribution in [0, 0.1) is 0 Å². The van der Waals surface area contributed by atoms with E-state index in [0.29, 0.717) is 6.54 Å². The van der Waals surface area contributed by atoms with Crippen LogP contribution in [0.25, 0.3) is 0 Å². The topological polar surface area (TPSA) is 58.3 Å². The molecule has 2 atom stereocenters. The fraction of sp³-hybridized carbons (Fsp3) is 0.455. The lowest BCUT2D eigenvalue weighted by molar-refractivity contribution is 0.0567. The number of nitrogens with one attached hydrogen (secondary N) is 1. The van der Waals surface area contributed by atoms with E-state index in [2.05, 4.69) is 5.32 Å². The second kappa shape index (κ2) is 3.69. The van der Waals surface area contributed by atoms with Gasteiger partial charge in [0.25, 0.3) is 0 Å². The fourth-order valence-corrected chi connectivity index (χ4v) is 1.97. The number of piperidine rings is 1. The number of hydrogen-bond donors (Lipinski definition) is 3. The first-order valence-electron chi connectivity index (χ1n) is 4.97. The Bertz CT molecular complexity index is 301. The number of rotatable bonds is 1. The lowest BCUT2D eigenvalue weighted by Crippen LogP contribution is -2.57. The van der Waals surface area contributed by atoms with E-state index in [1.165, 1.54) is 0 Å². The molecule has 0 aromatic heterocycles. The van der Waals surface area contributed by atoms with Gasteiger partial charge in [-0.1, -0.05) is 30.3 Å². The summed E-state index contributed by atoms with van der Waals surface area (Å²) in [5, 5.41) is 13.0. The van der Waals surface area contributed by atoms with Gasteiger partial charge in [-0.3, -0.25) is 0 Å². The van der Waals surface area contributed by atoms with Crippen LogP contribution < -0.4 is 11.1 Å². The summed E-state index contributed by atoms with van der Waals surface area (Å²) in [6.45, 7) is 1.44. The van der Waals surface area contributed by atoms with Gasteiger partial charge in [0.1, 0.15) is 0 Å². The largest absolute Gasteiger partial charge is 0.390 e. The molecule has 1 fully saturated rings. The highest BCUT2D eigenvalue weighted by molar-refractivity contribution is 5.26. The summed E-state index contributed by atoms with van der Waals surface area (Å²) in [5.41, 5.74) is 6.68. The first kappa shape index (κ1) is 9.65. The molecule has 0 bridgehead atoms. The van der Waals surface area contributed by atoms with Crippen molar-refractivity contribution in [3.8, 4) is 0 Å². The monoisotopic (exact) mass is 192 g/mol.